The zero-order valence-electron chi connectivity index (χ0n) is 8.44. The van der Waals surface area contributed by atoms with Crippen LogP contribution in [0.15, 0.2) is 0 Å². The van der Waals surface area contributed by atoms with Crippen LogP contribution in [0.2, 0.25) is 0 Å². The maximum atomic E-state index is 10.9. The van der Waals surface area contributed by atoms with E-state index in [9.17, 15) is 9.90 Å². The van der Waals surface area contributed by atoms with Crippen molar-refractivity contribution >= 4 is 5.97 Å². The first-order chi connectivity index (χ1) is 6.54. The van der Waals surface area contributed by atoms with Crippen molar-refractivity contribution in [2.24, 2.45) is 11.8 Å². The number of aliphatic hydroxyl groups is 1. The number of carboxylic acids is 1. The summed E-state index contributed by atoms with van der Waals surface area (Å²) in [4.78, 5) is 13.1. The van der Waals surface area contributed by atoms with E-state index in [1.165, 1.54) is 0 Å². The molecule has 4 nitrogen and oxygen atoms in total. The first kappa shape index (κ1) is 9.93. The van der Waals surface area contributed by atoms with Gasteiger partial charge in [-0.25, -0.2) is 0 Å². The van der Waals surface area contributed by atoms with E-state index in [4.69, 9.17) is 5.11 Å². The molecular weight excluding hydrogens is 182 g/mol. The maximum absolute atomic E-state index is 10.9. The Morgan fingerprint density at radius 1 is 1.50 bits per heavy atom. The summed E-state index contributed by atoms with van der Waals surface area (Å²) in [5, 5.41) is 19.3. The van der Waals surface area contributed by atoms with Gasteiger partial charge in [0.2, 0.25) is 0 Å². The normalized spacial score (nSPS) is 43.6. The lowest BCUT2D eigenvalue weighted by molar-refractivity contribution is -0.173. The van der Waals surface area contributed by atoms with Gasteiger partial charge in [0.15, 0.2) is 0 Å². The summed E-state index contributed by atoms with van der Waals surface area (Å²) < 4.78 is 0. The molecular formula is C10H17NO3. The molecule has 0 aromatic heterocycles. The summed E-state index contributed by atoms with van der Waals surface area (Å²) >= 11 is 0. The van der Waals surface area contributed by atoms with Crippen LogP contribution in [0.1, 0.15) is 19.8 Å². The van der Waals surface area contributed by atoms with E-state index in [1.807, 2.05) is 0 Å². The summed E-state index contributed by atoms with van der Waals surface area (Å²) in [5.41, 5.74) is -0.998. The molecule has 0 aromatic rings. The Bertz CT molecular complexity index is 248. The van der Waals surface area contributed by atoms with Gasteiger partial charge in [-0.2, -0.15) is 0 Å². The number of nitrogens with zero attached hydrogens (tertiary/aromatic N) is 1. The van der Waals surface area contributed by atoms with Crippen LogP contribution in [-0.2, 0) is 4.79 Å². The Morgan fingerprint density at radius 2 is 2.07 bits per heavy atom. The fourth-order valence-electron chi connectivity index (χ4n) is 2.78. The topological polar surface area (TPSA) is 60.8 Å². The summed E-state index contributed by atoms with van der Waals surface area (Å²) in [6.07, 6.45) is 1.88. The SMILES string of the molecule is CC(C(=O)O)C1(O)CN2CCC1CC2. The molecule has 0 saturated carbocycles. The molecule has 0 aliphatic carbocycles. The summed E-state index contributed by atoms with van der Waals surface area (Å²) in [6.45, 7) is 4.17. The van der Waals surface area contributed by atoms with Crippen molar-refractivity contribution < 1.29 is 15.0 Å². The summed E-state index contributed by atoms with van der Waals surface area (Å²) in [6, 6.07) is 0. The number of aliphatic carboxylic acids is 1. The average Bonchev–Trinajstić information content (AvgIpc) is 2.18. The van der Waals surface area contributed by atoms with E-state index in [1.54, 1.807) is 6.92 Å². The first-order valence-electron chi connectivity index (χ1n) is 5.21. The van der Waals surface area contributed by atoms with Crippen LogP contribution >= 0.6 is 0 Å². The lowest BCUT2D eigenvalue weighted by Gasteiger charge is -2.52. The number of fused-ring (bicyclic) bond motifs is 3. The van der Waals surface area contributed by atoms with Crippen LogP contribution in [0.25, 0.3) is 0 Å². The molecule has 2 bridgehead atoms. The molecule has 3 aliphatic rings. The molecule has 3 fully saturated rings. The van der Waals surface area contributed by atoms with Gasteiger partial charge in [0.25, 0.3) is 0 Å². The summed E-state index contributed by atoms with van der Waals surface area (Å²) in [7, 11) is 0. The van der Waals surface area contributed by atoms with Gasteiger partial charge in [-0.3, -0.25) is 4.79 Å². The first-order valence-corrected chi connectivity index (χ1v) is 5.21. The molecule has 80 valence electrons. The second-order valence-corrected chi connectivity index (χ2v) is 4.60. The van der Waals surface area contributed by atoms with Gasteiger partial charge in [-0.15, -0.1) is 0 Å². The van der Waals surface area contributed by atoms with Crippen molar-refractivity contribution in [3.8, 4) is 0 Å². The Labute approximate surface area is 83.5 Å². The monoisotopic (exact) mass is 199 g/mol. The molecule has 0 radical (unpaired) electrons. The standard InChI is InChI=1S/C10H17NO3/c1-7(9(12)13)10(14)6-11-4-2-8(10)3-5-11/h7-8,14H,2-6H2,1H3,(H,12,13). The van der Waals surface area contributed by atoms with E-state index >= 15 is 0 Å². The third-order valence-corrected chi connectivity index (χ3v) is 3.89. The Balaban J connectivity index is 2.19. The Morgan fingerprint density at radius 3 is 2.43 bits per heavy atom. The number of carboxylic acid groups (broad SMARTS) is 1. The summed E-state index contributed by atoms with van der Waals surface area (Å²) in [5.74, 6) is -1.37. The lowest BCUT2D eigenvalue weighted by atomic mass is 9.69. The van der Waals surface area contributed by atoms with Crippen molar-refractivity contribution in [1.29, 1.82) is 0 Å². The number of hydrogen-bond donors (Lipinski definition) is 2. The fourth-order valence-corrected chi connectivity index (χ4v) is 2.78. The van der Waals surface area contributed by atoms with Crippen LogP contribution in [-0.4, -0.2) is 46.3 Å². The zero-order chi connectivity index (χ0) is 10.3. The molecule has 2 unspecified atom stereocenters. The molecule has 3 heterocycles. The van der Waals surface area contributed by atoms with Crippen LogP contribution in [0.5, 0.6) is 0 Å². The van der Waals surface area contributed by atoms with Crippen LogP contribution in [0, 0.1) is 11.8 Å². The van der Waals surface area contributed by atoms with Gasteiger partial charge in [-0.05, 0) is 38.8 Å². The highest BCUT2D eigenvalue weighted by Crippen LogP contribution is 2.40. The van der Waals surface area contributed by atoms with Gasteiger partial charge in [0.1, 0.15) is 0 Å². The molecule has 2 atom stereocenters. The number of hydrogen-bond acceptors (Lipinski definition) is 3. The van der Waals surface area contributed by atoms with E-state index in [0.29, 0.717) is 6.54 Å². The van der Waals surface area contributed by atoms with E-state index in [0.717, 1.165) is 25.9 Å². The minimum absolute atomic E-state index is 0.179. The number of carbonyl (C=O) groups is 1. The highest BCUT2D eigenvalue weighted by molar-refractivity contribution is 5.71. The molecule has 3 aliphatic heterocycles. The molecule has 0 aromatic carbocycles. The minimum atomic E-state index is -0.998. The van der Waals surface area contributed by atoms with Gasteiger partial charge in [0, 0.05) is 6.54 Å². The third kappa shape index (κ3) is 1.33. The molecule has 3 saturated heterocycles. The van der Waals surface area contributed by atoms with E-state index in [-0.39, 0.29) is 5.92 Å². The Kier molecular flexibility index (Phi) is 2.27. The van der Waals surface area contributed by atoms with Crippen LogP contribution in [0.4, 0.5) is 0 Å². The number of rotatable bonds is 2. The Hall–Kier alpha value is -0.610. The van der Waals surface area contributed by atoms with Gasteiger partial charge in [0.05, 0.1) is 11.5 Å². The molecule has 14 heavy (non-hydrogen) atoms. The number of piperidine rings is 3. The molecule has 0 spiro atoms. The highest BCUT2D eigenvalue weighted by Gasteiger charge is 2.50. The highest BCUT2D eigenvalue weighted by atomic mass is 16.4. The van der Waals surface area contributed by atoms with Crippen molar-refractivity contribution in [3.63, 3.8) is 0 Å². The van der Waals surface area contributed by atoms with Crippen LogP contribution < -0.4 is 0 Å². The lowest BCUT2D eigenvalue weighted by Crippen LogP contribution is -2.63. The van der Waals surface area contributed by atoms with Gasteiger partial charge >= 0.3 is 5.97 Å². The average molecular weight is 199 g/mol. The predicted octanol–water partition coefficient (Wildman–Crippen LogP) is 0.164. The van der Waals surface area contributed by atoms with Crippen molar-refractivity contribution in [2.45, 2.75) is 25.4 Å². The predicted molar refractivity (Wildman–Crippen MR) is 50.9 cm³/mol. The molecule has 4 heteroatoms. The largest absolute Gasteiger partial charge is 0.481 e. The minimum Gasteiger partial charge on any atom is -0.481 e. The second kappa shape index (κ2) is 3.21. The van der Waals surface area contributed by atoms with Gasteiger partial charge < -0.3 is 15.1 Å². The fraction of sp³-hybridized carbons (Fsp3) is 0.900. The van der Waals surface area contributed by atoms with E-state index < -0.39 is 17.5 Å². The third-order valence-electron chi connectivity index (χ3n) is 3.89. The molecule has 2 N–H and O–H groups in total. The van der Waals surface area contributed by atoms with Crippen molar-refractivity contribution in [3.05, 3.63) is 0 Å². The quantitative estimate of drug-likeness (QED) is 0.665. The maximum Gasteiger partial charge on any atom is 0.309 e. The molecule has 3 rings (SSSR count). The van der Waals surface area contributed by atoms with Crippen molar-refractivity contribution in [2.75, 3.05) is 19.6 Å². The smallest absolute Gasteiger partial charge is 0.309 e. The second-order valence-electron chi connectivity index (χ2n) is 4.60. The molecule has 0 amide bonds. The van der Waals surface area contributed by atoms with E-state index in [2.05, 4.69) is 4.90 Å². The zero-order valence-corrected chi connectivity index (χ0v) is 8.44. The van der Waals surface area contributed by atoms with Crippen molar-refractivity contribution in [1.82, 2.24) is 4.90 Å². The van der Waals surface area contributed by atoms with Gasteiger partial charge in [-0.1, -0.05) is 0 Å². The van der Waals surface area contributed by atoms with Crippen LogP contribution in [0.3, 0.4) is 0 Å².